The molecule has 0 bridgehead atoms. The first-order valence-corrected chi connectivity index (χ1v) is 15.7. The second kappa shape index (κ2) is 13.5. The van der Waals surface area contributed by atoms with E-state index >= 15 is 4.39 Å². The zero-order valence-corrected chi connectivity index (χ0v) is 26.2. The summed E-state index contributed by atoms with van der Waals surface area (Å²) in [6, 6.07) is 10.4. The van der Waals surface area contributed by atoms with Crippen LogP contribution >= 0.6 is 0 Å². The summed E-state index contributed by atoms with van der Waals surface area (Å²) in [6.07, 6.45) is -0.521. The lowest BCUT2D eigenvalue weighted by Gasteiger charge is -2.32. The van der Waals surface area contributed by atoms with Gasteiger partial charge in [-0.05, 0) is 63.6 Å². The molecular formula is C31H31FN4O10S. The van der Waals surface area contributed by atoms with Gasteiger partial charge in [-0.15, -0.1) is 0 Å². The third kappa shape index (κ3) is 7.89. The molecule has 0 saturated carbocycles. The number of anilines is 1. The van der Waals surface area contributed by atoms with Gasteiger partial charge in [0.1, 0.15) is 17.5 Å². The first kappa shape index (κ1) is 34.5. The average molecular weight is 671 g/mol. The van der Waals surface area contributed by atoms with Crippen LogP contribution in [0, 0.1) is 15.9 Å². The van der Waals surface area contributed by atoms with Crippen molar-refractivity contribution in [2.75, 3.05) is 11.9 Å². The molecule has 3 unspecified atom stereocenters. The minimum Gasteiger partial charge on any atom is -0.478 e. The van der Waals surface area contributed by atoms with E-state index in [4.69, 9.17) is 4.74 Å². The normalized spacial score (nSPS) is 17.9. The molecule has 3 atom stereocenters. The SMILES string of the molecule is CC(C)(C)OC(=O)C1CC(S(=O)(=O)c2ccc([N+](=O)[O-])cc2)C(c2ccccc2F)N1C(=O)CNC(=O)Nc1cccc(C(=O)O)c1. The van der Waals surface area contributed by atoms with Crippen LogP contribution in [-0.4, -0.2) is 70.7 Å². The van der Waals surface area contributed by atoms with Crippen molar-refractivity contribution in [1.29, 1.82) is 0 Å². The second-order valence-corrected chi connectivity index (χ2v) is 13.7. The van der Waals surface area contributed by atoms with Gasteiger partial charge in [-0.1, -0.05) is 24.3 Å². The van der Waals surface area contributed by atoms with Crippen molar-refractivity contribution in [2.24, 2.45) is 0 Å². The maximum atomic E-state index is 15.4. The van der Waals surface area contributed by atoms with E-state index in [-0.39, 0.29) is 27.4 Å². The fourth-order valence-corrected chi connectivity index (χ4v) is 7.11. The first-order valence-electron chi connectivity index (χ1n) is 14.1. The van der Waals surface area contributed by atoms with Gasteiger partial charge in [-0.2, -0.15) is 0 Å². The van der Waals surface area contributed by atoms with Crippen LogP contribution in [0.3, 0.4) is 0 Å². The number of carbonyl (C=O) groups excluding carboxylic acids is 3. The lowest BCUT2D eigenvalue weighted by atomic mass is 10.0. The Hall–Kier alpha value is -5.38. The molecule has 0 spiro atoms. The van der Waals surface area contributed by atoms with E-state index in [1.54, 1.807) is 20.8 Å². The van der Waals surface area contributed by atoms with E-state index in [1.807, 2.05) is 0 Å². The Bertz CT molecular complexity index is 1830. The van der Waals surface area contributed by atoms with Crippen molar-refractivity contribution in [3.8, 4) is 0 Å². The number of hydrogen-bond acceptors (Lipinski definition) is 9. The Morgan fingerprint density at radius 1 is 1.04 bits per heavy atom. The number of nitro groups is 1. The van der Waals surface area contributed by atoms with Gasteiger partial charge >= 0.3 is 18.0 Å². The van der Waals surface area contributed by atoms with Crippen LogP contribution in [0.4, 0.5) is 20.6 Å². The third-order valence-electron chi connectivity index (χ3n) is 7.18. The maximum absolute atomic E-state index is 15.4. The van der Waals surface area contributed by atoms with Crippen LogP contribution in [-0.2, 0) is 24.2 Å². The minimum absolute atomic E-state index is 0.0983. The molecule has 3 aromatic rings. The molecule has 3 N–H and O–H groups in total. The van der Waals surface area contributed by atoms with E-state index in [0.717, 1.165) is 35.2 Å². The number of nitrogens with one attached hydrogen (secondary N) is 2. The summed E-state index contributed by atoms with van der Waals surface area (Å²) in [5.41, 5.74) is -1.66. The summed E-state index contributed by atoms with van der Waals surface area (Å²) in [5, 5.41) is 23.4. The number of halogens is 1. The Labute approximate surface area is 268 Å². The number of sulfone groups is 1. The molecule has 0 aliphatic carbocycles. The van der Waals surface area contributed by atoms with Gasteiger partial charge in [0.2, 0.25) is 5.91 Å². The summed E-state index contributed by atoms with van der Waals surface area (Å²) in [6.45, 7) is 3.92. The molecule has 16 heteroatoms. The van der Waals surface area contributed by atoms with Crippen LogP contribution in [0.2, 0.25) is 0 Å². The predicted octanol–water partition coefficient (Wildman–Crippen LogP) is 4.08. The van der Waals surface area contributed by atoms with Gasteiger partial charge in [-0.3, -0.25) is 14.9 Å². The molecule has 3 aromatic carbocycles. The topological polar surface area (TPSA) is 202 Å². The van der Waals surface area contributed by atoms with Gasteiger partial charge in [0.15, 0.2) is 9.84 Å². The number of aromatic carboxylic acids is 1. The Morgan fingerprint density at radius 2 is 1.70 bits per heavy atom. The van der Waals surface area contributed by atoms with E-state index in [9.17, 15) is 42.8 Å². The van der Waals surface area contributed by atoms with Gasteiger partial charge in [-0.25, -0.2) is 27.2 Å². The molecular weight excluding hydrogens is 639 g/mol. The Balaban J connectivity index is 1.72. The number of likely N-dealkylation sites (tertiary alicyclic amines) is 1. The zero-order valence-electron chi connectivity index (χ0n) is 25.4. The molecule has 1 saturated heterocycles. The highest BCUT2D eigenvalue weighted by molar-refractivity contribution is 7.92. The van der Waals surface area contributed by atoms with Crippen molar-refractivity contribution in [3.05, 3.63) is 99.9 Å². The molecule has 14 nitrogen and oxygen atoms in total. The van der Waals surface area contributed by atoms with Gasteiger partial charge in [0.25, 0.3) is 5.69 Å². The van der Waals surface area contributed by atoms with E-state index in [0.29, 0.717) is 0 Å². The number of rotatable bonds is 9. The predicted molar refractivity (Wildman–Crippen MR) is 165 cm³/mol. The number of benzene rings is 3. The average Bonchev–Trinajstić information content (AvgIpc) is 3.41. The first-order chi connectivity index (χ1) is 22.0. The van der Waals surface area contributed by atoms with E-state index in [1.165, 1.54) is 42.5 Å². The van der Waals surface area contributed by atoms with Crippen molar-refractivity contribution in [1.82, 2.24) is 10.2 Å². The molecule has 1 heterocycles. The monoisotopic (exact) mass is 670 g/mol. The second-order valence-electron chi connectivity index (χ2n) is 11.6. The maximum Gasteiger partial charge on any atom is 0.335 e. The quantitative estimate of drug-likeness (QED) is 0.169. The van der Waals surface area contributed by atoms with Gasteiger partial charge in [0.05, 0.1) is 33.2 Å². The highest BCUT2D eigenvalue weighted by atomic mass is 32.2. The number of ether oxygens (including phenoxy) is 1. The highest BCUT2D eigenvalue weighted by Gasteiger charge is 2.54. The number of non-ortho nitro benzene ring substituents is 1. The molecule has 1 aliphatic rings. The molecule has 0 radical (unpaired) electrons. The molecule has 3 amide bonds. The Morgan fingerprint density at radius 3 is 2.30 bits per heavy atom. The Kier molecular flexibility index (Phi) is 9.94. The van der Waals surface area contributed by atoms with Crippen LogP contribution < -0.4 is 10.6 Å². The van der Waals surface area contributed by atoms with E-state index in [2.05, 4.69) is 10.6 Å². The molecule has 1 aliphatic heterocycles. The van der Waals surface area contributed by atoms with Crippen LogP contribution in [0.25, 0.3) is 0 Å². The number of carboxylic acid groups (broad SMARTS) is 1. The number of esters is 1. The summed E-state index contributed by atoms with van der Waals surface area (Å²) in [4.78, 5) is 62.3. The fourth-order valence-electron chi connectivity index (χ4n) is 5.19. The number of amides is 3. The number of carbonyl (C=O) groups is 4. The standard InChI is InChI=1S/C31H31FN4O10S/c1-31(2,3)46-29(40)24-16-25(47(44,45)21-13-11-20(12-14-21)36(42)43)27(22-9-4-5-10-23(22)32)35(24)26(37)17-33-30(41)34-19-8-6-7-18(15-19)28(38)39/h4-15,24-25,27H,16-17H2,1-3H3,(H,38,39)(H2,33,34,41). The van der Waals surface area contributed by atoms with Gasteiger partial charge < -0.3 is 25.4 Å². The number of hydrogen-bond donors (Lipinski definition) is 3. The molecule has 0 aromatic heterocycles. The lowest BCUT2D eigenvalue weighted by Crippen LogP contribution is -2.49. The number of carboxylic acids is 1. The van der Waals surface area contributed by atoms with E-state index < -0.39 is 80.4 Å². The molecule has 47 heavy (non-hydrogen) atoms. The van der Waals surface area contributed by atoms with Crippen molar-refractivity contribution in [3.63, 3.8) is 0 Å². The smallest absolute Gasteiger partial charge is 0.335 e. The highest BCUT2D eigenvalue weighted by Crippen LogP contribution is 2.44. The lowest BCUT2D eigenvalue weighted by molar-refractivity contribution is -0.384. The molecule has 4 rings (SSSR count). The zero-order chi connectivity index (χ0) is 34.7. The number of nitrogens with zero attached hydrogens (tertiary/aromatic N) is 2. The van der Waals surface area contributed by atoms with Crippen LogP contribution in [0.1, 0.15) is 49.2 Å². The summed E-state index contributed by atoms with van der Waals surface area (Å²) in [7, 11) is -4.49. The largest absolute Gasteiger partial charge is 0.478 e. The summed E-state index contributed by atoms with van der Waals surface area (Å²) in [5.74, 6) is -4.02. The van der Waals surface area contributed by atoms with Crippen molar-refractivity contribution >= 4 is 45.1 Å². The van der Waals surface area contributed by atoms with Crippen LogP contribution in [0.5, 0.6) is 0 Å². The number of urea groups is 1. The van der Waals surface area contributed by atoms with Crippen molar-refractivity contribution in [2.45, 2.75) is 55.0 Å². The fraction of sp³-hybridized carbons (Fsp3) is 0.290. The third-order valence-corrected chi connectivity index (χ3v) is 9.35. The molecule has 248 valence electrons. The summed E-state index contributed by atoms with van der Waals surface area (Å²) >= 11 is 0. The number of nitro benzene ring substituents is 1. The van der Waals surface area contributed by atoms with Crippen LogP contribution in [0.15, 0.2) is 77.7 Å². The molecule has 1 fully saturated rings. The van der Waals surface area contributed by atoms with Gasteiger partial charge in [0, 0.05) is 23.4 Å². The summed E-state index contributed by atoms with van der Waals surface area (Å²) < 4.78 is 49.0. The van der Waals surface area contributed by atoms with Crippen molar-refractivity contribution < 1.29 is 46.8 Å². The minimum atomic E-state index is -4.49.